The largest absolute Gasteiger partial charge is 0.478 e. The molecule has 0 saturated carbocycles. The zero-order valence-corrected chi connectivity index (χ0v) is 17.2. The van der Waals surface area contributed by atoms with Crippen LogP contribution >= 0.6 is 0 Å². The molecule has 156 valence electrons. The molecule has 0 unspecified atom stereocenters. The van der Waals surface area contributed by atoms with Gasteiger partial charge >= 0.3 is 5.97 Å². The van der Waals surface area contributed by atoms with Crippen LogP contribution in [0.1, 0.15) is 38.3 Å². The van der Waals surface area contributed by atoms with Gasteiger partial charge in [-0.3, -0.25) is 10.1 Å². The monoisotopic (exact) mass is 413 g/mol. The van der Waals surface area contributed by atoms with Crippen molar-refractivity contribution in [3.63, 3.8) is 0 Å². The molecule has 4 rings (SSSR count). The molecular weight excluding hydrogens is 390 g/mol. The topological polar surface area (TPSA) is 84.2 Å². The van der Waals surface area contributed by atoms with E-state index in [1.807, 2.05) is 28.8 Å². The van der Waals surface area contributed by atoms with Crippen molar-refractivity contribution in [1.82, 2.24) is 9.55 Å². The molecule has 0 saturated heterocycles. The second-order valence-corrected chi connectivity index (χ2v) is 7.41. The third-order valence-corrected chi connectivity index (χ3v) is 5.36. The molecule has 0 spiro atoms. The smallest absolute Gasteiger partial charge is 0.336 e. The van der Waals surface area contributed by atoms with Crippen molar-refractivity contribution in [2.24, 2.45) is 0 Å². The molecule has 6 heteroatoms. The van der Waals surface area contributed by atoms with Crippen molar-refractivity contribution in [3.8, 4) is 0 Å². The van der Waals surface area contributed by atoms with Gasteiger partial charge in [-0.15, -0.1) is 0 Å². The van der Waals surface area contributed by atoms with Crippen molar-refractivity contribution >= 4 is 28.9 Å². The van der Waals surface area contributed by atoms with Gasteiger partial charge in [0.05, 0.1) is 16.6 Å². The number of benzene rings is 3. The van der Waals surface area contributed by atoms with E-state index in [1.165, 1.54) is 5.56 Å². The second-order valence-electron chi connectivity index (χ2n) is 7.41. The number of hydrogen-bond donors (Lipinski definition) is 2. The summed E-state index contributed by atoms with van der Waals surface area (Å²) in [6.45, 7) is 2.39. The van der Waals surface area contributed by atoms with Gasteiger partial charge in [-0.25, -0.2) is 9.78 Å². The van der Waals surface area contributed by atoms with E-state index >= 15 is 0 Å². The first kappa shape index (κ1) is 20.3. The number of anilines is 1. The summed E-state index contributed by atoms with van der Waals surface area (Å²) in [5, 5.41) is 12.4. The lowest BCUT2D eigenvalue weighted by molar-refractivity contribution is 0.0696. The summed E-state index contributed by atoms with van der Waals surface area (Å²) in [5.41, 5.74) is 3.96. The standard InChI is InChI=1S/C25H23N3O3/c1-17-20(24(30)31)14-15-21-22(17)26-25(27-23(29)19-12-6-3-7-13-19)28(21)16-8-11-18-9-4-2-5-10-18/h2-7,9-10,12-15H,8,11,16H2,1H3,(H,30,31)(H,26,27,29). The van der Waals surface area contributed by atoms with Crippen molar-refractivity contribution in [2.45, 2.75) is 26.3 Å². The van der Waals surface area contributed by atoms with Gasteiger partial charge in [0.25, 0.3) is 5.91 Å². The van der Waals surface area contributed by atoms with Gasteiger partial charge in [0.2, 0.25) is 5.95 Å². The summed E-state index contributed by atoms with van der Waals surface area (Å²) in [5.74, 6) is -0.827. The predicted octanol–water partition coefficient (Wildman–Crippen LogP) is 4.93. The third-order valence-electron chi connectivity index (χ3n) is 5.36. The highest BCUT2D eigenvalue weighted by atomic mass is 16.4. The average molecular weight is 413 g/mol. The van der Waals surface area contributed by atoms with Crippen molar-refractivity contribution < 1.29 is 14.7 Å². The number of carbonyl (C=O) groups is 2. The Labute approximate surface area is 180 Å². The summed E-state index contributed by atoms with van der Waals surface area (Å²) in [4.78, 5) is 28.9. The maximum absolute atomic E-state index is 12.7. The zero-order chi connectivity index (χ0) is 21.8. The van der Waals surface area contributed by atoms with Crippen LogP contribution in [0.2, 0.25) is 0 Å². The first-order chi connectivity index (χ1) is 15.0. The molecule has 3 aromatic carbocycles. The Morgan fingerprint density at radius 2 is 1.65 bits per heavy atom. The van der Waals surface area contributed by atoms with E-state index in [4.69, 9.17) is 0 Å². The molecule has 1 amide bonds. The van der Waals surface area contributed by atoms with E-state index in [2.05, 4.69) is 22.4 Å². The van der Waals surface area contributed by atoms with E-state index in [1.54, 1.807) is 43.3 Å². The predicted molar refractivity (Wildman–Crippen MR) is 121 cm³/mol. The lowest BCUT2D eigenvalue weighted by Crippen LogP contribution is -2.16. The van der Waals surface area contributed by atoms with Crippen molar-refractivity contribution in [2.75, 3.05) is 5.32 Å². The van der Waals surface area contributed by atoms with Crippen LogP contribution in [-0.2, 0) is 13.0 Å². The molecule has 6 nitrogen and oxygen atoms in total. The number of rotatable bonds is 7. The highest BCUT2D eigenvalue weighted by Gasteiger charge is 2.19. The van der Waals surface area contributed by atoms with Crippen LogP contribution in [0, 0.1) is 6.92 Å². The quantitative estimate of drug-likeness (QED) is 0.450. The van der Waals surface area contributed by atoms with Crippen molar-refractivity contribution in [3.05, 3.63) is 95.1 Å². The molecule has 1 aromatic heterocycles. The number of aromatic nitrogens is 2. The number of amides is 1. The normalized spacial score (nSPS) is 10.9. The first-order valence-electron chi connectivity index (χ1n) is 10.2. The number of nitrogens with zero attached hydrogens (tertiary/aromatic N) is 2. The van der Waals surface area contributed by atoms with Crippen molar-refractivity contribution in [1.29, 1.82) is 0 Å². The molecule has 0 radical (unpaired) electrons. The number of nitrogens with one attached hydrogen (secondary N) is 1. The lowest BCUT2D eigenvalue weighted by Gasteiger charge is -2.11. The van der Waals surface area contributed by atoms with Gasteiger partial charge in [0.1, 0.15) is 0 Å². The Hall–Kier alpha value is -3.93. The minimum Gasteiger partial charge on any atom is -0.478 e. The van der Waals surface area contributed by atoms with E-state index in [-0.39, 0.29) is 11.5 Å². The maximum atomic E-state index is 12.7. The van der Waals surface area contributed by atoms with Gasteiger partial charge in [0.15, 0.2) is 0 Å². The highest BCUT2D eigenvalue weighted by Crippen LogP contribution is 2.26. The van der Waals surface area contributed by atoms with Crippen LogP contribution in [0.15, 0.2) is 72.8 Å². The second kappa shape index (κ2) is 8.83. The number of hydrogen-bond acceptors (Lipinski definition) is 3. The minimum absolute atomic E-state index is 0.211. The van der Waals surface area contributed by atoms with E-state index in [0.29, 0.717) is 29.1 Å². The first-order valence-corrected chi connectivity index (χ1v) is 10.2. The average Bonchev–Trinajstić information content (AvgIpc) is 3.13. The molecule has 4 aromatic rings. The number of carboxylic acid groups (broad SMARTS) is 1. The van der Waals surface area contributed by atoms with Gasteiger partial charge in [-0.2, -0.15) is 0 Å². The maximum Gasteiger partial charge on any atom is 0.336 e. The van der Waals surface area contributed by atoms with Crippen LogP contribution in [0.5, 0.6) is 0 Å². The van der Waals surface area contributed by atoms with Crippen LogP contribution in [0.25, 0.3) is 11.0 Å². The molecule has 1 heterocycles. The Morgan fingerprint density at radius 3 is 2.32 bits per heavy atom. The number of imidazole rings is 1. The SMILES string of the molecule is Cc1c(C(=O)O)ccc2c1nc(NC(=O)c1ccccc1)n2CCCc1ccccc1. The molecule has 0 fully saturated rings. The third kappa shape index (κ3) is 4.33. The van der Waals surface area contributed by atoms with E-state index in [9.17, 15) is 14.7 Å². The molecular formula is C25H23N3O3. The number of aromatic carboxylic acids is 1. The molecule has 0 aliphatic carbocycles. The Bertz CT molecular complexity index is 1230. The molecule has 0 aliphatic heterocycles. The summed E-state index contributed by atoms with van der Waals surface area (Å²) >= 11 is 0. The zero-order valence-electron chi connectivity index (χ0n) is 17.2. The number of carbonyl (C=O) groups excluding carboxylic acids is 1. The van der Waals surface area contributed by atoms with Crippen LogP contribution in [0.4, 0.5) is 5.95 Å². The van der Waals surface area contributed by atoms with Gasteiger partial charge in [-0.05, 0) is 55.2 Å². The molecule has 0 bridgehead atoms. The Balaban J connectivity index is 1.68. The minimum atomic E-state index is -0.993. The molecule has 31 heavy (non-hydrogen) atoms. The summed E-state index contributed by atoms with van der Waals surface area (Å²) in [6.07, 6.45) is 1.74. The Morgan fingerprint density at radius 1 is 0.968 bits per heavy atom. The van der Waals surface area contributed by atoms with Crippen LogP contribution in [0.3, 0.4) is 0 Å². The van der Waals surface area contributed by atoms with Gasteiger partial charge in [0, 0.05) is 12.1 Å². The van der Waals surface area contributed by atoms with Crippen LogP contribution < -0.4 is 5.32 Å². The fraction of sp³-hybridized carbons (Fsp3) is 0.160. The molecule has 2 N–H and O–H groups in total. The van der Waals surface area contributed by atoms with Gasteiger partial charge in [-0.1, -0.05) is 48.5 Å². The van der Waals surface area contributed by atoms with E-state index < -0.39 is 5.97 Å². The summed E-state index contributed by atoms with van der Waals surface area (Å²) in [7, 11) is 0. The lowest BCUT2D eigenvalue weighted by atomic mass is 10.1. The number of aryl methyl sites for hydroxylation is 3. The number of carboxylic acids is 1. The summed E-state index contributed by atoms with van der Waals surface area (Å²) in [6, 6.07) is 22.5. The fourth-order valence-electron chi connectivity index (χ4n) is 3.73. The Kier molecular flexibility index (Phi) is 5.80. The molecule has 0 aliphatic rings. The molecule has 0 atom stereocenters. The van der Waals surface area contributed by atoms with E-state index in [0.717, 1.165) is 18.4 Å². The van der Waals surface area contributed by atoms with Crippen LogP contribution in [-0.4, -0.2) is 26.5 Å². The summed E-state index contributed by atoms with van der Waals surface area (Å²) < 4.78 is 1.96. The number of fused-ring (bicyclic) bond motifs is 1. The highest BCUT2D eigenvalue weighted by molar-refractivity contribution is 6.04. The van der Waals surface area contributed by atoms with Gasteiger partial charge < -0.3 is 9.67 Å². The fourth-order valence-corrected chi connectivity index (χ4v) is 3.73.